The molecule has 0 amide bonds. The summed E-state index contributed by atoms with van der Waals surface area (Å²) in [6.45, 7) is 0. The van der Waals surface area contributed by atoms with Crippen LogP contribution in [0.25, 0.3) is 6.08 Å². The third kappa shape index (κ3) is 4.40. The molecular formula is C17H16BrNO7S. The van der Waals surface area contributed by atoms with Gasteiger partial charge >= 0.3 is 5.03 Å². The Morgan fingerprint density at radius 3 is 1.96 bits per heavy atom. The second-order valence-electron chi connectivity index (χ2n) is 5.14. The van der Waals surface area contributed by atoms with E-state index in [9.17, 15) is 18.5 Å². The van der Waals surface area contributed by atoms with Gasteiger partial charge in [0.15, 0.2) is 0 Å². The van der Waals surface area contributed by atoms with Gasteiger partial charge in [-0.05, 0) is 24.3 Å². The number of methoxy groups -OCH3 is 3. The molecule has 2 aromatic rings. The lowest BCUT2D eigenvalue weighted by Gasteiger charge is -2.12. The molecule has 0 aliphatic heterocycles. The van der Waals surface area contributed by atoms with E-state index in [4.69, 9.17) is 14.2 Å². The fourth-order valence-electron chi connectivity index (χ4n) is 2.26. The third-order valence-electron chi connectivity index (χ3n) is 3.60. The zero-order valence-electron chi connectivity index (χ0n) is 14.6. The lowest BCUT2D eigenvalue weighted by Crippen LogP contribution is -2.13. The quantitative estimate of drug-likeness (QED) is 0.462. The van der Waals surface area contributed by atoms with Crippen LogP contribution in [0, 0.1) is 10.1 Å². The van der Waals surface area contributed by atoms with Crippen LogP contribution in [0.5, 0.6) is 17.2 Å². The highest BCUT2D eigenvalue weighted by atomic mass is 79.9. The first-order chi connectivity index (χ1) is 12.7. The number of halogens is 1. The van der Waals surface area contributed by atoms with E-state index in [1.54, 1.807) is 0 Å². The van der Waals surface area contributed by atoms with Crippen molar-refractivity contribution >= 4 is 31.8 Å². The number of ether oxygens (including phenoxy) is 3. The van der Waals surface area contributed by atoms with E-state index in [1.165, 1.54) is 57.7 Å². The number of hydrogen-bond acceptors (Lipinski definition) is 7. The molecule has 0 aliphatic rings. The summed E-state index contributed by atoms with van der Waals surface area (Å²) in [4.78, 5) is 10.4. The number of sulfone groups is 1. The molecular weight excluding hydrogens is 442 g/mol. The highest BCUT2D eigenvalue weighted by Crippen LogP contribution is 2.37. The van der Waals surface area contributed by atoms with Gasteiger partial charge in [0.05, 0.1) is 36.7 Å². The lowest BCUT2D eigenvalue weighted by atomic mass is 10.1. The van der Waals surface area contributed by atoms with Crippen molar-refractivity contribution in [2.24, 2.45) is 0 Å². The van der Waals surface area contributed by atoms with Gasteiger partial charge in [0, 0.05) is 22.7 Å². The van der Waals surface area contributed by atoms with Crippen molar-refractivity contribution in [3.63, 3.8) is 0 Å². The summed E-state index contributed by atoms with van der Waals surface area (Å²) in [5.41, 5.74) is 0.105. The highest BCUT2D eigenvalue weighted by Gasteiger charge is 2.32. The Kier molecular flexibility index (Phi) is 6.45. The highest BCUT2D eigenvalue weighted by molar-refractivity contribution is 9.10. The van der Waals surface area contributed by atoms with Crippen LogP contribution in [0.4, 0.5) is 0 Å². The molecule has 2 aromatic carbocycles. The van der Waals surface area contributed by atoms with Crippen LogP contribution in [0.1, 0.15) is 5.56 Å². The Morgan fingerprint density at radius 2 is 1.56 bits per heavy atom. The fraction of sp³-hybridized carbons (Fsp3) is 0.176. The van der Waals surface area contributed by atoms with E-state index in [-0.39, 0.29) is 22.0 Å². The van der Waals surface area contributed by atoms with Crippen molar-refractivity contribution in [3.8, 4) is 17.2 Å². The van der Waals surface area contributed by atoms with Crippen LogP contribution in [0.15, 0.2) is 50.8 Å². The predicted octanol–water partition coefficient (Wildman–Crippen LogP) is 3.52. The predicted molar refractivity (Wildman–Crippen MR) is 102 cm³/mol. The molecule has 0 saturated carbocycles. The number of nitrogens with zero attached hydrogens (tertiary/aromatic N) is 1. The average Bonchev–Trinajstić information content (AvgIpc) is 2.65. The minimum Gasteiger partial charge on any atom is -0.496 e. The van der Waals surface area contributed by atoms with Gasteiger partial charge in [0.1, 0.15) is 17.2 Å². The van der Waals surface area contributed by atoms with Crippen LogP contribution in [0.2, 0.25) is 0 Å². The summed E-state index contributed by atoms with van der Waals surface area (Å²) >= 11 is 3.20. The zero-order valence-corrected chi connectivity index (χ0v) is 17.0. The number of nitro groups is 1. The van der Waals surface area contributed by atoms with Gasteiger partial charge in [-0.2, -0.15) is 0 Å². The molecule has 0 unspecified atom stereocenters. The molecule has 144 valence electrons. The minimum atomic E-state index is -4.38. The second-order valence-corrected chi connectivity index (χ2v) is 7.95. The Labute approximate surface area is 164 Å². The topological polar surface area (TPSA) is 105 Å². The Bertz CT molecular complexity index is 960. The Hall–Kier alpha value is -2.59. The summed E-state index contributed by atoms with van der Waals surface area (Å²) in [5.74, 6) is 0.715. The molecule has 0 aliphatic carbocycles. The molecule has 10 heteroatoms. The van der Waals surface area contributed by atoms with Crippen molar-refractivity contribution in [1.29, 1.82) is 0 Å². The molecule has 8 nitrogen and oxygen atoms in total. The molecule has 0 bridgehead atoms. The monoisotopic (exact) mass is 457 g/mol. The van der Waals surface area contributed by atoms with Crippen molar-refractivity contribution in [2.45, 2.75) is 4.90 Å². The standard InChI is InChI=1S/C17H16BrNO7S/c1-24-12-8-15(25-2)14(16(9-12)26-3)10-17(19(20)21)27(22,23)13-6-4-11(18)5-7-13/h4-10H,1-3H3/b17-10-. The van der Waals surface area contributed by atoms with Gasteiger partial charge in [0.2, 0.25) is 0 Å². The van der Waals surface area contributed by atoms with Crippen LogP contribution >= 0.6 is 15.9 Å². The number of hydrogen-bond donors (Lipinski definition) is 0. The second kappa shape index (κ2) is 8.40. The van der Waals surface area contributed by atoms with Gasteiger partial charge in [0.25, 0.3) is 9.84 Å². The number of benzene rings is 2. The summed E-state index contributed by atoms with van der Waals surface area (Å²) in [7, 11) is -0.252. The SMILES string of the molecule is COc1cc(OC)c(/C=C(/[N+](=O)[O-])S(=O)(=O)c2ccc(Br)cc2)c(OC)c1. The summed E-state index contributed by atoms with van der Waals surface area (Å²) < 4.78 is 41.8. The molecule has 0 heterocycles. The first-order valence-corrected chi connectivity index (χ1v) is 9.69. The smallest absolute Gasteiger partial charge is 0.364 e. The van der Waals surface area contributed by atoms with E-state index in [2.05, 4.69) is 15.9 Å². The van der Waals surface area contributed by atoms with Gasteiger partial charge in [-0.25, -0.2) is 8.42 Å². The molecule has 27 heavy (non-hydrogen) atoms. The molecule has 0 fully saturated rings. The molecule has 0 spiro atoms. The maximum absolute atomic E-state index is 12.8. The maximum atomic E-state index is 12.8. The van der Waals surface area contributed by atoms with E-state index in [0.717, 1.165) is 6.08 Å². The molecule has 0 N–H and O–H groups in total. The van der Waals surface area contributed by atoms with E-state index >= 15 is 0 Å². The third-order valence-corrected chi connectivity index (χ3v) is 5.84. The van der Waals surface area contributed by atoms with Crippen molar-refractivity contribution < 1.29 is 27.6 Å². The van der Waals surface area contributed by atoms with Gasteiger partial charge in [-0.3, -0.25) is 10.1 Å². The van der Waals surface area contributed by atoms with Gasteiger partial charge in [-0.15, -0.1) is 0 Å². The first kappa shape index (κ1) is 20.7. The number of rotatable bonds is 7. The summed E-state index contributed by atoms with van der Waals surface area (Å²) in [6.07, 6.45) is 0.911. The van der Waals surface area contributed by atoms with E-state index < -0.39 is 19.8 Å². The van der Waals surface area contributed by atoms with Crippen molar-refractivity contribution in [2.75, 3.05) is 21.3 Å². The normalized spacial score (nSPS) is 11.8. The Balaban J connectivity index is 2.72. The van der Waals surface area contributed by atoms with Crippen LogP contribution in [-0.2, 0) is 9.84 Å². The average molecular weight is 458 g/mol. The maximum Gasteiger partial charge on any atom is 0.364 e. The Morgan fingerprint density at radius 1 is 1.04 bits per heavy atom. The summed E-state index contributed by atoms with van der Waals surface area (Å²) in [5, 5.41) is 10.5. The molecule has 2 rings (SSSR count). The lowest BCUT2D eigenvalue weighted by molar-refractivity contribution is -0.410. The van der Waals surface area contributed by atoms with E-state index in [0.29, 0.717) is 10.2 Å². The zero-order chi connectivity index (χ0) is 20.2. The van der Waals surface area contributed by atoms with Crippen LogP contribution < -0.4 is 14.2 Å². The van der Waals surface area contributed by atoms with Gasteiger partial charge in [-0.1, -0.05) is 15.9 Å². The minimum absolute atomic E-state index is 0.105. The fourth-order valence-corrected chi connectivity index (χ4v) is 3.73. The van der Waals surface area contributed by atoms with Crippen molar-refractivity contribution in [3.05, 3.63) is 61.6 Å². The van der Waals surface area contributed by atoms with E-state index in [1.807, 2.05) is 0 Å². The molecule has 0 aromatic heterocycles. The molecule has 0 saturated heterocycles. The molecule has 0 radical (unpaired) electrons. The first-order valence-electron chi connectivity index (χ1n) is 7.41. The van der Waals surface area contributed by atoms with Gasteiger partial charge < -0.3 is 14.2 Å². The summed E-state index contributed by atoms with van der Waals surface area (Å²) in [6, 6.07) is 8.47. The van der Waals surface area contributed by atoms with Crippen molar-refractivity contribution in [1.82, 2.24) is 0 Å². The largest absolute Gasteiger partial charge is 0.496 e. The van der Waals surface area contributed by atoms with Crippen LogP contribution in [0.3, 0.4) is 0 Å². The molecule has 0 atom stereocenters. The van der Waals surface area contributed by atoms with Crippen LogP contribution in [-0.4, -0.2) is 34.7 Å².